The first-order valence-electron chi connectivity index (χ1n) is 18.8. The van der Waals surface area contributed by atoms with Crippen LogP contribution in [0.4, 0.5) is 0 Å². The largest absolute Gasteiger partial charge is 0.506 e. The third-order valence-electron chi connectivity index (χ3n) is 11.9. The van der Waals surface area contributed by atoms with Gasteiger partial charge in [0, 0.05) is 55.1 Å². The van der Waals surface area contributed by atoms with Gasteiger partial charge in [0.25, 0.3) is 0 Å². The molecule has 0 saturated heterocycles. The highest BCUT2D eigenvalue weighted by atomic mass is 16.5. The van der Waals surface area contributed by atoms with E-state index >= 15 is 0 Å². The van der Waals surface area contributed by atoms with E-state index in [1.807, 2.05) is 95.2 Å². The topological polar surface area (TPSA) is 119 Å². The van der Waals surface area contributed by atoms with Gasteiger partial charge in [0.2, 0.25) is 0 Å². The Bertz CT molecular complexity index is 2430. The lowest BCUT2D eigenvalue weighted by Crippen LogP contribution is -2.43. The second-order valence-corrected chi connectivity index (χ2v) is 18.4. The van der Waals surface area contributed by atoms with E-state index in [2.05, 4.69) is 26.3 Å². The minimum absolute atomic E-state index is 0.122. The molecule has 0 spiro atoms. The number of phenolic OH excluding ortho intramolecular Hbond substituents is 2. The molecule has 6 rings (SSSR count). The molecule has 0 bridgehead atoms. The number of ether oxygens (including phenoxy) is 2. The molecule has 56 heavy (non-hydrogen) atoms. The molecule has 0 amide bonds. The number of hydrogen-bond acceptors (Lipinski definition) is 8. The molecule has 0 fully saturated rings. The van der Waals surface area contributed by atoms with Gasteiger partial charge in [-0.1, -0.05) is 79.7 Å². The van der Waals surface area contributed by atoms with Gasteiger partial charge in [0.05, 0.1) is 21.9 Å². The van der Waals surface area contributed by atoms with E-state index in [-0.39, 0.29) is 22.7 Å². The van der Waals surface area contributed by atoms with Gasteiger partial charge in [0.1, 0.15) is 45.4 Å². The summed E-state index contributed by atoms with van der Waals surface area (Å²) in [6.45, 7) is 38.9. The summed E-state index contributed by atoms with van der Waals surface area (Å²) in [5, 5.41) is 25.0. The van der Waals surface area contributed by atoms with Crippen molar-refractivity contribution in [2.24, 2.45) is 0 Å². The molecule has 0 aliphatic carbocycles. The van der Waals surface area contributed by atoms with Gasteiger partial charge in [-0.15, -0.1) is 26.3 Å². The molecule has 2 aromatic heterocycles. The van der Waals surface area contributed by atoms with Gasteiger partial charge in [-0.2, -0.15) is 0 Å². The van der Waals surface area contributed by atoms with Crippen molar-refractivity contribution < 1.29 is 28.5 Å². The van der Waals surface area contributed by atoms with E-state index < -0.39 is 44.1 Å². The zero-order chi connectivity index (χ0) is 41.9. The second kappa shape index (κ2) is 12.5. The first-order valence-corrected chi connectivity index (χ1v) is 18.8. The van der Waals surface area contributed by atoms with Crippen molar-refractivity contribution in [2.75, 3.05) is 0 Å². The van der Waals surface area contributed by atoms with E-state index in [1.54, 1.807) is 36.4 Å². The molecule has 4 heterocycles. The predicted molar refractivity (Wildman–Crippen MR) is 227 cm³/mol. The van der Waals surface area contributed by atoms with Crippen LogP contribution in [0.25, 0.3) is 34.1 Å². The summed E-state index contributed by atoms with van der Waals surface area (Å²) < 4.78 is 26.0. The summed E-state index contributed by atoms with van der Waals surface area (Å²) in [4.78, 5) is 27.0. The summed E-state index contributed by atoms with van der Waals surface area (Å²) in [6.07, 6.45) is 10.6. The number of allylic oxidation sites excluding steroid dienone is 4. The number of rotatable bonds is 9. The Morgan fingerprint density at radius 2 is 0.857 bits per heavy atom. The zero-order valence-electron chi connectivity index (χ0n) is 34.8. The lowest BCUT2D eigenvalue weighted by atomic mass is 9.74. The number of phenols is 2. The van der Waals surface area contributed by atoms with Crippen molar-refractivity contribution in [3.63, 3.8) is 0 Å². The Labute approximate surface area is 328 Å². The Kier molecular flexibility index (Phi) is 8.97. The van der Waals surface area contributed by atoms with Crippen LogP contribution < -0.4 is 20.7 Å². The Balaban J connectivity index is 1.74. The number of benzene rings is 2. The van der Waals surface area contributed by atoms with Crippen LogP contribution in [0.5, 0.6) is 23.0 Å². The third-order valence-corrected chi connectivity index (χ3v) is 11.9. The Morgan fingerprint density at radius 3 is 1.14 bits per heavy atom. The molecule has 2 aromatic carbocycles. The van der Waals surface area contributed by atoms with Gasteiger partial charge in [0.15, 0.2) is 0 Å². The molecular weight excluding hydrogens is 705 g/mol. The molecule has 8 heteroatoms. The minimum Gasteiger partial charge on any atom is -0.506 e. The summed E-state index contributed by atoms with van der Waals surface area (Å²) in [7, 11) is 0. The first kappa shape index (κ1) is 40.2. The van der Waals surface area contributed by atoms with E-state index in [4.69, 9.17) is 18.3 Å². The van der Waals surface area contributed by atoms with Crippen LogP contribution in [0.15, 0.2) is 92.3 Å². The van der Waals surface area contributed by atoms with Crippen LogP contribution >= 0.6 is 0 Å². The van der Waals surface area contributed by atoms with Crippen LogP contribution in [0.3, 0.4) is 0 Å². The Hall–Kier alpha value is -5.50. The molecule has 2 aliphatic heterocycles. The van der Waals surface area contributed by atoms with Crippen LogP contribution in [0, 0.1) is 0 Å². The molecule has 2 N–H and O–H groups in total. The van der Waals surface area contributed by atoms with Crippen molar-refractivity contribution in [1.29, 1.82) is 0 Å². The summed E-state index contributed by atoms with van der Waals surface area (Å²) >= 11 is 0. The number of hydrogen-bond donors (Lipinski definition) is 2. The minimum atomic E-state index is -1.04. The molecule has 4 aromatic rings. The lowest BCUT2D eigenvalue weighted by Gasteiger charge is -2.44. The van der Waals surface area contributed by atoms with Crippen LogP contribution in [-0.2, 0) is 21.7 Å². The molecule has 0 saturated carbocycles. The highest BCUT2D eigenvalue weighted by molar-refractivity contribution is 5.98. The predicted octanol–water partition coefficient (Wildman–Crippen LogP) is 11.0. The average Bonchev–Trinajstić information content (AvgIpc) is 3.10. The molecule has 0 radical (unpaired) electrons. The van der Waals surface area contributed by atoms with Crippen molar-refractivity contribution in [3.05, 3.63) is 128 Å². The number of fused-ring (bicyclic) bond motifs is 4. The number of aromatic hydroxyl groups is 2. The fourth-order valence-electron chi connectivity index (χ4n) is 7.68. The normalized spacial score (nSPS) is 16.5. The maximum atomic E-state index is 13.5. The summed E-state index contributed by atoms with van der Waals surface area (Å²) in [6, 6.07) is 3.34. The summed E-state index contributed by atoms with van der Waals surface area (Å²) in [5.74, 6) is 0.477. The molecular formula is C48H54O8. The van der Waals surface area contributed by atoms with Crippen LogP contribution in [0.1, 0.15) is 116 Å². The molecule has 0 atom stereocenters. The molecule has 294 valence electrons. The van der Waals surface area contributed by atoms with E-state index in [0.29, 0.717) is 66.8 Å². The van der Waals surface area contributed by atoms with Crippen molar-refractivity contribution in [2.45, 2.75) is 116 Å². The van der Waals surface area contributed by atoms with Crippen LogP contribution in [-0.4, -0.2) is 21.4 Å². The van der Waals surface area contributed by atoms with E-state index in [0.717, 1.165) is 0 Å². The van der Waals surface area contributed by atoms with E-state index in [9.17, 15) is 19.8 Å². The fourth-order valence-corrected chi connectivity index (χ4v) is 7.68. The van der Waals surface area contributed by atoms with Crippen LogP contribution in [0.2, 0.25) is 0 Å². The summed E-state index contributed by atoms with van der Waals surface area (Å²) in [5.41, 5.74) is -1.79. The van der Waals surface area contributed by atoms with Crippen molar-refractivity contribution in [3.8, 4) is 23.0 Å². The van der Waals surface area contributed by atoms with Crippen molar-refractivity contribution in [1.82, 2.24) is 0 Å². The van der Waals surface area contributed by atoms with Gasteiger partial charge >= 0.3 is 11.3 Å². The highest BCUT2D eigenvalue weighted by Crippen LogP contribution is 2.56. The molecule has 2 aliphatic rings. The Morgan fingerprint density at radius 1 is 0.554 bits per heavy atom. The molecule has 0 unspecified atom stereocenters. The maximum absolute atomic E-state index is 13.5. The quantitative estimate of drug-likeness (QED) is 0.128. The van der Waals surface area contributed by atoms with Crippen molar-refractivity contribution >= 4 is 34.1 Å². The van der Waals surface area contributed by atoms with Gasteiger partial charge in [-0.05, 0) is 52.0 Å². The van der Waals surface area contributed by atoms with Gasteiger partial charge in [-0.25, -0.2) is 9.59 Å². The fraction of sp³-hybridized carbons (Fsp3) is 0.375. The SMILES string of the molecule is C=CC(C)(C)c1cc2c(O)c3c(c(C(C)(C)C=C)c2oc1=O)OC(C)(C)C(C1=Cc2c(c(C(C)(C)C=C)c4oc(=O)c(C(C)(C)C=C)cc4c2O)OC1(C)C)=C3. The van der Waals surface area contributed by atoms with Gasteiger partial charge < -0.3 is 28.5 Å². The second-order valence-electron chi connectivity index (χ2n) is 18.4. The zero-order valence-corrected chi connectivity index (χ0v) is 34.8. The highest BCUT2D eigenvalue weighted by Gasteiger charge is 2.46. The monoisotopic (exact) mass is 758 g/mol. The maximum Gasteiger partial charge on any atom is 0.340 e. The lowest BCUT2D eigenvalue weighted by molar-refractivity contribution is 0.116. The molecule has 8 nitrogen and oxygen atoms in total. The first-order chi connectivity index (χ1) is 25.7. The van der Waals surface area contributed by atoms with Gasteiger partial charge in [-0.3, -0.25) is 0 Å². The standard InChI is InChI=1S/C48H54O8/c1-17-43(5,6)31-23-25-35(49)27-21-29(47(13,14)55-39(27)33(45(9,10)19-3)37(25)53-41(31)51)30-22-28-36(50)26-24-32(44(7,8)18-2)42(52)54-38(26)34(46(11,12)20-4)40(28)56-48(30,15)16/h17-24,49-50H,1-4H2,5-16H3. The smallest absolute Gasteiger partial charge is 0.340 e. The van der Waals surface area contributed by atoms with E-state index in [1.165, 1.54) is 0 Å². The average molecular weight is 759 g/mol. The third kappa shape index (κ3) is 5.87.